The molecule has 1 unspecified atom stereocenters. The molecular formula is C26H29BrN2O. The summed E-state index contributed by atoms with van der Waals surface area (Å²) < 4.78 is 0.958. The molecule has 1 aliphatic rings. The molecule has 1 aliphatic heterocycles. The Hall–Kier alpha value is -2.20. The van der Waals surface area contributed by atoms with Crippen molar-refractivity contribution < 1.29 is 4.79 Å². The number of pyridine rings is 1. The lowest BCUT2D eigenvalue weighted by molar-refractivity contribution is 0.0685. The summed E-state index contributed by atoms with van der Waals surface area (Å²) in [7, 11) is 0. The van der Waals surface area contributed by atoms with E-state index in [1.807, 2.05) is 29.2 Å². The molecule has 1 aromatic heterocycles. The van der Waals surface area contributed by atoms with E-state index in [2.05, 4.69) is 67.9 Å². The Morgan fingerprint density at radius 3 is 2.50 bits per heavy atom. The van der Waals surface area contributed by atoms with Gasteiger partial charge >= 0.3 is 0 Å². The minimum atomic E-state index is 0.105. The summed E-state index contributed by atoms with van der Waals surface area (Å²) >= 11 is 3.56. The number of likely N-dealkylation sites (tertiary alicyclic amines) is 1. The quantitative estimate of drug-likeness (QED) is 0.416. The standard InChI is InChI=1S/C26H29BrN2O/c1-17-6-5-13-29(16-17)25(30)22-15-24(28-23-12-11-20(27)14-21(22)23)18-7-9-19(10-8-18)26(2,3)4/h7-12,14-15,17H,5-6,13,16H2,1-4H3. The van der Waals surface area contributed by atoms with Gasteiger partial charge in [0.25, 0.3) is 5.91 Å². The number of nitrogens with zero attached hydrogens (tertiary/aromatic N) is 2. The third kappa shape index (κ3) is 4.29. The SMILES string of the molecule is CC1CCCN(C(=O)c2cc(-c3ccc(C(C)(C)C)cc3)nc3ccc(Br)cc23)C1. The van der Waals surface area contributed by atoms with Gasteiger partial charge in [0, 0.05) is 28.5 Å². The number of aromatic nitrogens is 1. The number of fused-ring (bicyclic) bond motifs is 1. The number of hydrogen-bond donors (Lipinski definition) is 0. The zero-order chi connectivity index (χ0) is 21.5. The van der Waals surface area contributed by atoms with Crippen molar-refractivity contribution in [2.45, 2.75) is 46.0 Å². The Morgan fingerprint density at radius 1 is 1.10 bits per heavy atom. The summed E-state index contributed by atoms with van der Waals surface area (Å²) in [5.41, 5.74) is 4.87. The predicted octanol–water partition coefficient (Wildman–Crippen LogP) is 6.83. The highest BCUT2D eigenvalue weighted by Gasteiger charge is 2.24. The highest BCUT2D eigenvalue weighted by atomic mass is 79.9. The normalized spacial score (nSPS) is 17.4. The van der Waals surface area contributed by atoms with Gasteiger partial charge in [-0.15, -0.1) is 0 Å². The zero-order valence-corrected chi connectivity index (χ0v) is 19.8. The number of rotatable bonds is 2. The lowest BCUT2D eigenvalue weighted by Crippen LogP contribution is -2.39. The maximum Gasteiger partial charge on any atom is 0.254 e. The van der Waals surface area contributed by atoms with Crippen LogP contribution in [-0.4, -0.2) is 28.9 Å². The second kappa shape index (κ2) is 8.14. The largest absolute Gasteiger partial charge is 0.338 e. The van der Waals surface area contributed by atoms with Gasteiger partial charge < -0.3 is 4.90 Å². The summed E-state index contributed by atoms with van der Waals surface area (Å²) in [4.78, 5) is 20.4. The Kier molecular flexibility index (Phi) is 5.71. The van der Waals surface area contributed by atoms with Crippen LogP contribution in [0.1, 0.15) is 56.5 Å². The highest BCUT2D eigenvalue weighted by molar-refractivity contribution is 9.10. The zero-order valence-electron chi connectivity index (χ0n) is 18.2. The van der Waals surface area contributed by atoms with E-state index in [0.717, 1.165) is 51.7 Å². The van der Waals surface area contributed by atoms with Gasteiger partial charge in [-0.05, 0) is 54.0 Å². The van der Waals surface area contributed by atoms with Crippen molar-refractivity contribution in [1.29, 1.82) is 0 Å². The van der Waals surface area contributed by atoms with Crippen LogP contribution in [0.3, 0.4) is 0 Å². The maximum atomic E-state index is 13.5. The number of carbonyl (C=O) groups excluding carboxylic acids is 1. The first-order chi connectivity index (χ1) is 14.2. The molecule has 30 heavy (non-hydrogen) atoms. The summed E-state index contributed by atoms with van der Waals surface area (Å²) in [6.45, 7) is 10.5. The number of halogens is 1. The van der Waals surface area contributed by atoms with Crippen LogP contribution in [-0.2, 0) is 5.41 Å². The van der Waals surface area contributed by atoms with Gasteiger partial charge in [0.1, 0.15) is 0 Å². The van der Waals surface area contributed by atoms with Crippen LogP contribution in [0, 0.1) is 5.92 Å². The van der Waals surface area contributed by atoms with E-state index in [1.54, 1.807) is 0 Å². The lowest BCUT2D eigenvalue weighted by Gasteiger charge is -2.31. The predicted molar refractivity (Wildman–Crippen MR) is 128 cm³/mol. The van der Waals surface area contributed by atoms with Gasteiger partial charge in [-0.1, -0.05) is 67.9 Å². The first kappa shape index (κ1) is 21.0. The van der Waals surface area contributed by atoms with Gasteiger partial charge in [0.15, 0.2) is 0 Å². The lowest BCUT2D eigenvalue weighted by atomic mass is 9.86. The molecule has 156 valence electrons. The van der Waals surface area contributed by atoms with Gasteiger partial charge in [-0.3, -0.25) is 4.79 Å². The second-order valence-electron chi connectivity index (χ2n) is 9.54. The fourth-order valence-corrected chi connectivity index (χ4v) is 4.57. The number of carbonyl (C=O) groups is 1. The molecule has 1 saturated heterocycles. The number of piperidine rings is 1. The van der Waals surface area contributed by atoms with Crippen LogP contribution in [0.4, 0.5) is 0 Å². The molecule has 0 bridgehead atoms. The van der Waals surface area contributed by atoms with Crippen LogP contribution >= 0.6 is 15.9 Å². The van der Waals surface area contributed by atoms with Crippen LogP contribution in [0.25, 0.3) is 22.2 Å². The third-order valence-corrected chi connectivity index (χ3v) is 6.49. The van der Waals surface area contributed by atoms with Crippen LogP contribution < -0.4 is 0 Å². The number of amides is 1. The molecule has 1 atom stereocenters. The third-order valence-electron chi connectivity index (χ3n) is 5.99. The fraction of sp³-hybridized carbons (Fsp3) is 0.385. The van der Waals surface area contributed by atoms with E-state index in [-0.39, 0.29) is 11.3 Å². The highest BCUT2D eigenvalue weighted by Crippen LogP contribution is 2.30. The van der Waals surface area contributed by atoms with Crippen molar-refractivity contribution in [2.24, 2.45) is 5.92 Å². The minimum absolute atomic E-state index is 0.105. The first-order valence-electron chi connectivity index (χ1n) is 10.7. The molecule has 3 aromatic rings. The van der Waals surface area contributed by atoms with Crippen LogP contribution in [0.2, 0.25) is 0 Å². The Balaban J connectivity index is 1.80. The molecule has 0 aliphatic carbocycles. The first-order valence-corrected chi connectivity index (χ1v) is 11.5. The van der Waals surface area contributed by atoms with Gasteiger partial charge in [-0.2, -0.15) is 0 Å². The number of benzene rings is 2. The van der Waals surface area contributed by atoms with Gasteiger partial charge in [0.05, 0.1) is 16.8 Å². The van der Waals surface area contributed by atoms with Crippen molar-refractivity contribution in [3.63, 3.8) is 0 Å². The summed E-state index contributed by atoms with van der Waals surface area (Å²) in [5.74, 6) is 0.659. The van der Waals surface area contributed by atoms with E-state index in [4.69, 9.17) is 4.98 Å². The van der Waals surface area contributed by atoms with E-state index < -0.39 is 0 Å². The molecule has 0 spiro atoms. The molecule has 0 radical (unpaired) electrons. The maximum absolute atomic E-state index is 13.5. The summed E-state index contributed by atoms with van der Waals surface area (Å²) in [6, 6.07) is 16.5. The van der Waals surface area contributed by atoms with Gasteiger partial charge in [-0.25, -0.2) is 4.98 Å². The molecule has 0 N–H and O–H groups in total. The fourth-order valence-electron chi connectivity index (χ4n) is 4.21. The second-order valence-corrected chi connectivity index (χ2v) is 10.5. The van der Waals surface area contributed by atoms with Crippen molar-refractivity contribution in [2.75, 3.05) is 13.1 Å². The Labute approximate surface area is 187 Å². The van der Waals surface area contributed by atoms with Gasteiger partial charge in [0.2, 0.25) is 0 Å². The smallest absolute Gasteiger partial charge is 0.254 e. The minimum Gasteiger partial charge on any atom is -0.338 e. The number of hydrogen-bond acceptors (Lipinski definition) is 2. The Morgan fingerprint density at radius 2 is 1.83 bits per heavy atom. The molecule has 1 amide bonds. The monoisotopic (exact) mass is 464 g/mol. The average Bonchev–Trinajstić information content (AvgIpc) is 2.72. The van der Waals surface area contributed by atoms with E-state index in [1.165, 1.54) is 12.0 Å². The summed E-state index contributed by atoms with van der Waals surface area (Å²) in [5, 5.41) is 0.905. The van der Waals surface area contributed by atoms with E-state index in [0.29, 0.717) is 5.92 Å². The molecule has 2 heterocycles. The van der Waals surface area contributed by atoms with Crippen molar-refractivity contribution in [3.8, 4) is 11.3 Å². The average molecular weight is 465 g/mol. The molecular weight excluding hydrogens is 436 g/mol. The topological polar surface area (TPSA) is 33.2 Å². The van der Waals surface area contributed by atoms with Crippen molar-refractivity contribution in [3.05, 3.63) is 64.1 Å². The molecule has 4 rings (SSSR count). The summed E-state index contributed by atoms with van der Waals surface area (Å²) in [6.07, 6.45) is 2.26. The molecule has 2 aromatic carbocycles. The van der Waals surface area contributed by atoms with Crippen LogP contribution in [0.5, 0.6) is 0 Å². The van der Waals surface area contributed by atoms with E-state index >= 15 is 0 Å². The molecule has 0 saturated carbocycles. The molecule has 4 heteroatoms. The molecule has 3 nitrogen and oxygen atoms in total. The van der Waals surface area contributed by atoms with Crippen LogP contribution in [0.15, 0.2) is 53.0 Å². The van der Waals surface area contributed by atoms with E-state index in [9.17, 15) is 4.79 Å². The van der Waals surface area contributed by atoms with Crippen molar-refractivity contribution >= 4 is 32.7 Å². The molecule has 1 fully saturated rings. The van der Waals surface area contributed by atoms with Crippen molar-refractivity contribution in [1.82, 2.24) is 9.88 Å². The Bertz CT molecular complexity index is 1080.